The minimum absolute atomic E-state index is 0.0623. The third-order valence-corrected chi connectivity index (χ3v) is 10.7. The highest BCUT2D eigenvalue weighted by Crippen LogP contribution is 2.41. The molecule has 3 aromatic carbocycles. The standard InChI is InChI=1S/C44H46Cl3F3N2O13/c1-4-29(59-31(54)21-20-24(2)53)33-25(3)34(61-37(55)26-14-8-5-9-15-26)40(62-33)64-36-32(52-42(56)58-23-43(45,46)47)39(65-41(44(48,49)50)51-28-18-12-7-13-19-28)60-30-22-57-38(63-35(30)36)27-16-10-6-11-17-27/h5-19,25,29-30,32-36,38-40H,4,20-23H2,1-3H3,(H,52,56)/t25-,29-,30?,32?,33-,34?,35?,36?,38?,39?,40+/m1/s1. The number of ether oxygens (including phenoxy) is 9. The van der Waals surface area contributed by atoms with Gasteiger partial charge in [0.1, 0.15) is 49.0 Å². The van der Waals surface area contributed by atoms with Crippen LogP contribution in [0.3, 0.4) is 0 Å². The van der Waals surface area contributed by atoms with E-state index >= 15 is 0 Å². The highest BCUT2D eigenvalue weighted by Gasteiger charge is 2.58. The molecule has 3 aliphatic heterocycles. The molecule has 3 aromatic rings. The van der Waals surface area contributed by atoms with Crippen molar-refractivity contribution in [2.45, 2.75) is 112 Å². The predicted molar refractivity (Wildman–Crippen MR) is 226 cm³/mol. The fourth-order valence-electron chi connectivity index (χ4n) is 7.28. The number of hydrogen-bond acceptors (Lipinski definition) is 14. The van der Waals surface area contributed by atoms with E-state index in [4.69, 9.17) is 77.4 Å². The zero-order valence-electron chi connectivity index (χ0n) is 35.1. The molecule has 0 aliphatic carbocycles. The molecule has 0 saturated carbocycles. The third kappa shape index (κ3) is 13.8. The number of nitrogens with one attached hydrogen (secondary N) is 1. The van der Waals surface area contributed by atoms with Crippen molar-refractivity contribution in [3.8, 4) is 0 Å². The van der Waals surface area contributed by atoms with Crippen molar-refractivity contribution in [2.75, 3.05) is 13.2 Å². The Morgan fingerprint density at radius 3 is 2.11 bits per heavy atom. The van der Waals surface area contributed by atoms with E-state index in [0.717, 1.165) is 0 Å². The minimum Gasteiger partial charge on any atom is -0.460 e. The number of halogens is 6. The van der Waals surface area contributed by atoms with Gasteiger partial charge in [0.15, 0.2) is 18.7 Å². The minimum atomic E-state index is -5.21. The number of rotatable bonds is 15. The molecule has 3 aliphatic rings. The number of aliphatic imine (C=N–C) groups is 1. The van der Waals surface area contributed by atoms with Crippen molar-refractivity contribution < 1.29 is 75.0 Å². The lowest BCUT2D eigenvalue weighted by Crippen LogP contribution is -2.68. The van der Waals surface area contributed by atoms with E-state index in [0.29, 0.717) is 5.56 Å². The Labute approximate surface area is 387 Å². The van der Waals surface area contributed by atoms with Crippen LogP contribution in [0.4, 0.5) is 23.7 Å². The molecule has 0 spiro atoms. The van der Waals surface area contributed by atoms with Crippen LogP contribution in [-0.4, -0.2) is 108 Å². The number of alkyl halides is 6. The van der Waals surface area contributed by atoms with Gasteiger partial charge in [-0.3, -0.25) is 4.79 Å². The van der Waals surface area contributed by atoms with E-state index in [2.05, 4.69) is 10.3 Å². The number of alkyl carbamates (subject to hydrolysis) is 1. The van der Waals surface area contributed by atoms with E-state index in [1.807, 2.05) is 0 Å². The van der Waals surface area contributed by atoms with Crippen LogP contribution in [0, 0.1) is 5.92 Å². The molecule has 3 saturated heterocycles. The summed E-state index contributed by atoms with van der Waals surface area (Å²) in [6.45, 7) is 3.63. The van der Waals surface area contributed by atoms with Gasteiger partial charge in [0.2, 0.25) is 10.1 Å². The molecule has 0 aromatic heterocycles. The first-order valence-electron chi connectivity index (χ1n) is 20.5. The smallest absolute Gasteiger partial charge is 0.460 e. The zero-order valence-corrected chi connectivity index (χ0v) is 37.3. The summed E-state index contributed by atoms with van der Waals surface area (Å²) < 4.78 is 96.7. The second kappa shape index (κ2) is 22.3. The van der Waals surface area contributed by atoms with Gasteiger partial charge >= 0.3 is 24.2 Å². The topological polar surface area (TPSA) is 176 Å². The van der Waals surface area contributed by atoms with Crippen molar-refractivity contribution in [1.29, 1.82) is 0 Å². The van der Waals surface area contributed by atoms with Crippen LogP contribution in [0.5, 0.6) is 0 Å². The Balaban J connectivity index is 1.42. The number of fused-ring (bicyclic) bond motifs is 1. The van der Waals surface area contributed by atoms with Crippen LogP contribution in [-0.2, 0) is 52.2 Å². The lowest BCUT2D eigenvalue weighted by atomic mass is 9.94. The second-order valence-electron chi connectivity index (χ2n) is 15.3. The highest BCUT2D eigenvalue weighted by atomic mass is 35.6. The van der Waals surface area contributed by atoms with Gasteiger partial charge < -0.3 is 52.7 Å². The van der Waals surface area contributed by atoms with Crippen LogP contribution in [0.1, 0.15) is 62.2 Å². The number of carbonyl (C=O) groups is 4. The van der Waals surface area contributed by atoms with Gasteiger partial charge in [-0.05, 0) is 37.6 Å². The summed E-state index contributed by atoms with van der Waals surface area (Å²) in [4.78, 5) is 55.5. The molecule has 21 heteroatoms. The number of hydrogen-bond donors (Lipinski definition) is 1. The van der Waals surface area contributed by atoms with Gasteiger partial charge in [-0.25, -0.2) is 14.6 Å². The van der Waals surface area contributed by atoms with Crippen LogP contribution >= 0.6 is 34.8 Å². The van der Waals surface area contributed by atoms with Gasteiger partial charge in [-0.15, -0.1) is 0 Å². The monoisotopic (exact) mass is 972 g/mol. The lowest BCUT2D eigenvalue weighted by Gasteiger charge is -2.49. The van der Waals surface area contributed by atoms with Gasteiger partial charge in [0.05, 0.1) is 24.3 Å². The van der Waals surface area contributed by atoms with Crippen molar-refractivity contribution in [2.24, 2.45) is 10.9 Å². The first-order valence-corrected chi connectivity index (χ1v) is 21.6. The number of benzene rings is 3. The maximum Gasteiger partial charge on any atom is 0.468 e. The summed E-state index contributed by atoms with van der Waals surface area (Å²) in [5.74, 6) is -4.25. The maximum atomic E-state index is 14.8. The Morgan fingerprint density at radius 2 is 1.49 bits per heavy atom. The van der Waals surface area contributed by atoms with Crippen LogP contribution in [0.25, 0.3) is 0 Å². The number of amides is 1. The first kappa shape index (κ1) is 49.9. The quantitative estimate of drug-likeness (QED) is 0.0507. The largest absolute Gasteiger partial charge is 0.468 e. The highest BCUT2D eigenvalue weighted by molar-refractivity contribution is 6.67. The van der Waals surface area contributed by atoms with Gasteiger partial charge in [-0.2, -0.15) is 13.2 Å². The number of nitrogens with zero attached hydrogens (tertiary/aromatic N) is 1. The van der Waals surface area contributed by atoms with Crippen molar-refractivity contribution in [3.63, 3.8) is 0 Å². The molecule has 0 radical (unpaired) electrons. The average Bonchev–Trinajstić information content (AvgIpc) is 3.57. The van der Waals surface area contributed by atoms with Crippen LogP contribution < -0.4 is 5.32 Å². The molecule has 1 N–H and O–H groups in total. The molecule has 11 atom stereocenters. The summed E-state index contributed by atoms with van der Waals surface area (Å²) in [5.41, 5.74) is 0.580. The van der Waals surface area contributed by atoms with E-state index in [1.165, 1.54) is 43.3 Å². The Bertz CT molecular complexity index is 2100. The zero-order chi connectivity index (χ0) is 46.9. The van der Waals surface area contributed by atoms with E-state index in [9.17, 15) is 32.3 Å². The van der Waals surface area contributed by atoms with E-state index in [1.54, 1.807) is 68.4 Å². The molecule has 7 unspecified atom stereocenters. The van der Waals surface area contributed by atoms with Gasteiger partial charge in [-0.1, -0.05) is 115 Å². The Kier molecular flexibility index (Phi) is 17.1. The van der Waals surface area contributed by atoms with Crippen molar-refractivity contribution >= 4 is 70.2 Å². The van der Waals surface area contributed by atoms with Crippen LogP contribution in [0.2, 0.25) is 0 Å². The predicted octanol–water partition coefficient (Wildman–Crippen LogP) is 8.26. The first-order chi connectivity index (χ1) is 30.9. The third-order valence-electron chi connectivity index (χ3n) is 10.4. The van der Waals surface area contributed by atoms with Gasteiger partial charge in [0.25, 0.3) is 5.90 Å². The molecule has 1 amide bonds. The van der Waals surface area contributed by atoms with Crippen molar-refractivity contribution in [1.82, 2.24) is 5.32 Å². The molecule has 6 rings (SSSR count). The second-order valence-corrected chi connectivity index (χ2v) is 17.8. The number of Topliss-reactive ketones (excluding diaryl/α,β-unsaturated/α-hetero) is 1. The summed E-state index contributed by atoms with van der Waals surface area (Å²) in [6, 6.07) is 22.0. The summed E-state index contributed by atoms with van der Waals surface area (Å²) in [7, 11) is 0. The Hall–Kier alpha value is -4.53. The molecular formula is C44H46Cl3F3N2O13. The lowest BCUT2D eigenvalue weighted by molar-refractivity contribution is -0.356. The molecule has 15 nitrogen and oxygen atoms in total. The number of esters is 2. The Morgan fingerprint density at radius 1 is 0.846 bits per heavy atom. The normalized spacial score (nSPS) is 27.4. The summed E-state index contributed by atoms with van der Waals surface area (Å²) in [6.07, 6.45) is -18.8. The number of para-hydroxylation sites is 1. The molecule has 3 heterocycles. The van der Waals surface area contributed by atoms with Crippen molar-refractivity contribution in [3.05, 3.63) is 102 Å². The maximum absolute atomic E-state index is 14.8. The van der Waals surface area contributed by atoms with E-state index in [-0.39, 0.29) is 42.9 Å². The number of carbonyl (C=O) groups excluding carboxylic acids is 4. The molecule has 3 fully saturated rings. The molecule has 352 valence electrons. The molecule has 0 bridgehead atoms. The fourth-order valence-corrected chi connectivity index (χ4v) is 7.44. The summed E-state index contributed by atoms with van der Waals surface area (Å²) >= 11 is 17.6. The van der Waals surface area contributed by atoms with E-state index < -0.39 is 108 Å². The van der Waals surface area contributed by atoms with Gasteiger partial charge in [0, 0.05) is 17.9 Å². The molecular weight excluding hydrogens is 928 g/mol. The molecule has 65 heavy (non-hydrogen) atoms. The summed E-state index contributed by atoms with van der Waals surface area (Å²) in [5, 5.41) is 2.45. The average molecular weight is 974 g/mol. The number of ketones is 1. The van der Waals surface area contributed by atoms with Crippen LogP contribution in [0.15, 0.2) is 96.0 Å². The SMILES string of the molecule is CC[C@@H](OC(=O)CCC(C)=O)[C@@H]1O[C@@H](OC2C(NC(=O)OCC(Cl)(Cl)Cl)C(OC(=Nc3ccccc3)C(F)(F)F)OC3COC(c4ccccc4)OC32)C(OC(=O)c2ccccc2)[C@@H]1C. The fraction of sp³-hybridized carbons (Fsp3) is 0.477.